The van der Waals surface area contributed by atoms with Gasteiger partial charge in [-0.2, -0.15) is 0 Å². The molecule has 0 radical (unpaired) electrons. The summed E-state index contributed by atoms with van der Waals surface area (Å²) in [6, 6.07) is 19.1. The van der Waals surface area contributed by atoms with E-state index in [0.29, 0.717) is 11.3 Å². The molecule has 0 saturated carbocycles. The Balaban J connectivity index is 1.71. The van der Waals surface area contributed by atoms with Crippen molar-refractivity contribution in [3.63, 3.8) is 0 Å². The fraction of sp³-hybridized carbons (Fsp3) is 0.0556. The number of ether oxygens (including phenoxy) is 1. The average molecular weight is 280 g/mol. The number of carbonyl (C=O) groups excluding carboxylic acids is 1. The number of halogens is 1. The van der Waals surface area contributed by atoms with E-state index in [4.69, 9.17) is 4.74 Å². The van der Waals surface area contributed by atoms with Gasteiger partial charge in [0.15, 0.2) is 12.4 Å². The first-order valence-electron chi connectivity index (χ1n) is 6.63. The SMILES string of the molecule is O=C(COc1ccc2ccccc2c1)c1ccc(F)cc1. The lowest BCUT2D eigenvalue weighted by Gasteiger charge is -2.07. The van der Waals surface area contributed by atoms with E-state index in [-0.39, 0.29) is 18.2 Å². The van der Waals surface area contributed by atoms with Crippen LogP contribution in [0.1, 0.15) is 10.4 Å². The van der Waals surface area contributed by atoms with Gasteiger partial charge in [0.05, 0.1) is 0 Å². The van der Waals surface area contributed by atoms with Crippen molar-refractivity contribution in [3.05, 3.63) is 78.1 Å². The van der Waals surface area contributed by atoms with Crippen molar-refractivity contribution in [2.45, 2.75) is 0 Å². The standard InChI is InChI=1S/C18H13FO2/c19-16-8-5-14(6-9-16)18(20)12-21-17-10-7-13-3-1-2-4-15(13)11-17/h1-11H,12H2. The molecule has 0 amide bonds. The van der Waals surface area contributed by atoms with Gasteiger partial charge in [-0.1, -0.05) is 30.3 Å². The van der Waals surface area contributed by atoms with Gasteiger partial charge >= 0.3 is 0 Å². The van der Waals surface area contributed by atoms with E-state index in [1.807, 2.05) is 42.5 Å². The highest BCUT2D eigenvalue weighted by Crippen LogP contribution is 2.20. The summed E-state index contributed by atoms with van der Waals surface area (Å²) in [5.74, 6) is 0.106. The van der Waals surface area contributed by atoms with E-state index in [1.54, 1.807) is 0 Å². The molecule has 0 aromatic heterocycles. The number of fused-ring (bicyclic) bond motifs is 1. The Bertz CT molecular complexity index is 779. The van der Waals surface area contributed by atoms with Gasteiger partial charge in [0.2, 0.25) is 0 Å². The minimum atomic E-state index is -0.359. The molecule has 0 aliphatic rings. The maximum absolute atomic E-state index is 12.8. The second-order valence-corrected chi connectivity index (χ2v) is 4.73. The van der Waals surface area contributed by atoms with E-state index < -0.39 is 0 Å². The van der Waals surface area contributed by atoms with Crippen molar-refractivity contribution in [2.24, 2.45) is 0 Å². The summed E-state index contributed by atoms with van der Waals surface area (Å²) < 4.78 is 18.3. The van der Waals surface area contributed by atoms with Crippen LogP contribution in [0.25, 0.3) is 10.8 Å². The highest BCUT2D eigenvalue weighted by Gasteiger charge is 2.07. The largest absolute Gasteiger partial charge is 0.485 e. The normalized spacial score (nSPS) is 10.5. The van der Waals surface area contributed by atoms with Gasteiger partial charge in [-0.15, -0.1) is 0 Å². The molecule has 0 unspecified atom stereocenters. The quantitative estimate of drug-likeness (QED) is 0.668. The van der Waals surface area contributed by atoms with Crippen molar-refractivity contribution < 1.29 is 13.9 Å². The number of Topliss-reactive ketones (excluding diaryl/α,β-unsaturated/α-hetero) is 1. The lowest BCUT2D eigenvalue weighted by atomic mass is 10.1. The fourth-order valence-electron chi connectivity index (χ4n) is 2.13. The molecule has 3 aromatic rings. The van der Waals surface area contributed by atoms with Crippen LogP contribution in [-0.2, 0) is 0 Å². The molecule has 21 heavy (non-hydrogen) atoms. The number of ketones is 1. The minimum absolute atomic E-state index is 0.0655. The van der Waals surface area contributed by atoms with Crippen molar-refractivity contribution in [1.82, 2.24) is 0 Å². The van der Waals surface area contributed by atoms with Gasteiger partial charge in [0.25, 0.3) is 0 Å². The first-order valence-corrected chi connectivity index (χ1v) is 6.63. The highest BCUT2D eigenvalue weighted by atomic mass is 19.1. The van der Waals surface area contributed by atoms with E-state index in [1.165, 1.54) is 24.3 Å². The monoisotopic (exact) mass is 280 g/mol. The predicted molar refractivity (Wildman–Crippen MR) is 80.2 cm³/mol. The summed E-state index contributed by atoms with van der Waals surface area (Å²) in [4.78, 5) is 11.9. The molecule has 104 valence electrons. The Kier molecular flexibility index (Phi) is 3.65. The third kappa shape index (κ3) is 3.08. The lowest BCUT2D eigenvalue weighted by molar-refractivity contribution is 0.0921. The average Bonchev–Trinajstić information content (AvgIpc) is 2.53. The number of hydrogen-bond donors (Lipinski definition) is 0. The zero-order valence-corrected chi connectivity index (χ0v) is 11.3. The zero-order valence-electron chi connectivity index (χ0n) is 11.3. The molecule has 0 atom stereocenters. The molecule has 3 aromatic carbocycles. The molecule has 0 fully saturated rings. The minimum Gasteiger partial charge on any atom is -0.485 e. The van der Waals surface area contributed by atoms with Crippen LogP contribution in [-0.4, -0.2) is 12.4 Å². The number of benzene rings is 3. The van der Waals surface area contributed by atoms with E-state index in [2.05, 4.69) is 0 Å². The van der Waals surface area contributed by atoms with Gasteiger partial charge in [-0.25, -0.2) is 4.39 Å². The molecule has 2 nitrogen and oxygen atoms in total. The van der Waals surface area contributed by atoms with Crippen molar-refractivity contribution in [3.8, 4) is 5.75 Å². The number of hydrogen-bond acceptors (Lipinski definition) is 2. The van der Waals surface area contributed by atoms with Crippen LogP contribution < -0.4 is 4.74 Å². The molecule has 0 N–H and O–H groups in total. The molecule has 0 bridgehead atoms. The fourth-order valence-corrected chi connectivity index (χ4v) is 2.13. The Labute approximate surface area is 121 Å². The molecule has 0 aliphatic carbocycles. The van der Waals surface area contributed by atoms with Crippen LogP contribution in [0, 0.1) is 5.82 Å². The summed E-state index contributed by atoms with van der Waals surface area (Å²) in [6.07, 6.45) is 0. The third-order valence-electron chi connectivity index (χ3n) is 3.26. The summed E-state index contributed by atoms with van der Waals surface area (Å²) in [5.41, 5.74) is 0.442. The Hall–Kier alpha value is -2.68. The Morgan fingerprint density at radius 2 is 1.62 bits per heavy atom. The summed E-state index contributed by atoms with van der Waals surface area (Å²) in [7, 11) is 0. The Morgan fingerprint density at radius 3 is 2.38 bits per heavy atom. The molecular formula is C18H13FO2. The van der Waals surface area contributed by atoms with Crippen LogP contribution in [0.2, 0.25) is 0 Å². The van der Waals surface area contributed by atoms with Crippen molar-refractivity contribution >= 4 is 16.6 Å². The second-order valence-electron chi connectivity index (χ2n) is 4.73. The van der Waals surface area contributed by atoms with Gasteiger partial charge in [0, 0.05) is 5.56 Å². The molecule has 0 aliphatic heterocycles. The third-order valence-corrected chi connectivity index (χ3v) is 3.26. The van der Waals surface area contributed by atoms with Gasteiger partial charge < -0.3 is 4.74 Å². The maximum Gasteiger partial charge on any atom is 0.200 e. The topological polar surface area (TPSA) is 26.3 Å². The molecule has 0 heterocycles. The number of rotatable bonds is 4. The van der Waals surface area contributed by atoms with Gasteiger partial charge in [-0.3, -0.25) is 4.79 Å². The smallest absolute Gasteiger partial charge is 0.200 e. The van der Waals surface area contributed by atoms with E-state index in [9.17, 15) is 9.18 Å². The molecule has 0 saturated heterocycles. The van der Waals surface area contributed by atoms with Crippen LogP contribution in [0.3, 0.4) is 0 Å². The van der Waals surface area contributed by atoms with E-state index >= 15 is 0 Å². The maximum atomic E-state index is 12.8. The van der Waals surface area contributed by atoms with Gasteiger partial charge in [0.1, 0.15) is 11.6 Å². The Morgan fingerprint density at radius 1 is 0.905 bits per heavy atom. The summed E-state index contributed by atoms with van der Waals surface area (Å²) >= 11 is 0. The first kappa shape index (κ1) is 13.3. The summed E-state index contributed by atoms with van der Waals surface area (Å²) in [5, 5.41) is 2.18. The zero-order chi connectivity index (χ0) is 14.7. The molecule has 0 spiro atoms. The van der Waals surface area contributed by atoms with Crippen LogP contribution in [0.5, 0.6) is 5.75 Å². The van der Waals surface area contributed by atoms with Crippen molar-refractivity contribution in [2.75, 3.05) is 6.61 Å². The second kappa shape index (κ2) is 5.75. The molecule has 3 heteroatoms. The van der Waals surface area contributed by atoms with Gasteiger partial charge in [-0.05, 0) is 47.2 Å². The molecule has 3 rings (SSSR count). The molecular weight excluding hydrogens is 267 g/mol. The first-order chi connectivity index (χ1) is 10.2. The van der Waals surface area contributed by atoms with E-state index in [0.717, 1.165) is 10.8 Å². The van der Waals surface area contributed by atoms with Crippen molar-refractivity contribution in [1.29, 1.82) is 0 Å². The van der Waals surface area contributed by atoms with Crippen LogP contribution in [0.4, 0.5) is 4.39 Å². The number of carbonyl (C=O) groups is 1. The van der Waals surface area contributed by atoms with Crippen LogP contribution in [0.15, 0.2) is 66.7 Å². The highest BCUT2D eigenvalue weighted by molar-refractivity contribution is 5.97. The predicted octanol–water partition coefficient (Wildman–Crippen LogP) is 4.24. The lowest BCUT2D eigenvalue weighted by Crippen LogP contribution is -2.11. The van der Waals surface area contributed by atoms with Crippen LogP contribution >= 0.6 is 0 Å². The summed E-state index contributed by atoms with van der Waals surface area (Å²) in [6.45, 7) is -0.0655.